The monoisotopic (exact) mass is 368 g/mol. The molecule has 0 aromatic rings. The van der Waals surface area contributed by atoms with Gasteiger partial charge in [-0.25, -0.2) is 0 Å². The molecule has 1 saturated carbocycles. The van der Waals surface area contributed by atoms with E-state index in [1.54, 1.807) is 19.9 Å². The van der Waals surface area contributed by atoms with Crippen molar-refractivity contribution in [3.8, 4) is 0 Å². The van der Waals surface area contributed by atoms with E-state index in [1.807, 2.05) is 0 Å². The Balaban J connectivity index is 3.13. The molecule has 1 aliphatic rings. The summed E-state index contributed by atoms with van der Waals surface area (Å²) in [6, 6.07) is 0. The Kier molecular flexibility index (Phi) is 9.28. The lowest BCUT2D eigenvalue weighted by atomic mass is 9.87. The van der Waals surface area contributed by atoms with Gasteiger partial charge in [-0.15, -0.1) is 0 Å². The molecule has 1 fully saturated rings. The normalized spacial score (nSPS) is 18.3. The average molecular weight is 368 g/mol. The second kappa shape index (κ2) is 10.1. The van der Waals surface area contributed by atoms with Crippen molar-refractivity contribution in [1.82, 2.24) is 0 Å². The molecule has 0 amide bonds. The molecule has 0 spiro atoms. The molecule has 0 saturated heterocycles. The van der Waals surface area contributed by atoms with E-state index in [2.05, 4.69) is 0 Å². The van der Waals surface area contributed by atoms with Crippen molar-refractivity contribution in [3.63, 3.8) is 0 Å². The first-order valence-electron chi connectivity index (χ1n) is 8.27. The Labute approximate surface area is 140 Å². The first-order chi connectivity index (χ1) is 11.0. The number of rotatable bonds is 10. The van der Waals surface area contributed by atoms with Crippen LogP contribution in [0.15, 0.2) is 11.1 Å². The van der Waals surface area contributed by atoms with E-state index in [9.17, 15) is 9.13 Å². The predicted octanol–water partition coefficient (Wildman–Crippen LogP) is 5.55. The maximum Gasteiger partial charge on any atom is 0.369 e. The molecule has 1 rings (SSSR count). The summed E-state index contributed by atoms with van der Waals surface area (Å²) in [7, 11) is -4.84. The van der Waals surface area contributed by atoms with Crippen molar-refractivity contribution < 1.29 is 27.2 Å². The van der Waals surface area contributed by atoms with E-state index in [-0.39, 0.29) is 18.3 Å². The Morgan fingerprint density at radius 3 is 1.91 bits per heavy atom. The van der Waals surface area contributed by atoms with Crippen LogP contribution in [0.5, 0.6) is 0 Å². The minimum atomic E-state index is -3.70. The third-order valence-corrected chi connectivity index (χ3v) is 9.11. The molecule has 0 aliphatic heterocycles. The highest BCUT2D eigenvalue weighted by Gasteiger charge is 2.44. The Hall–Kier alpha value is 0.0400. The van der Waals surface area contributed by atoms with Crippen molar-refractivity contribution in [2.24, 2.45) is 5.92 Å². The number of hydrogen-bond acceptors (Lipinski definition) is 6. The first kappa shape index (κ1) is 21.1. The maximum atomic E-state index is 13.1. The lowest BCUT2D eigenvalue weighted by Crippen LogP contribution is -2.07. The van der Waals surface area contributed by atoms with Crippen LogP contribution in [0.1, 0.15) is 52.4 Å². The third-order valence-electron chi connectivity index (χ3n) is 4.00. The van der Waals surface area contributed by atoms with Crippen LogP contribution in [-0.4, -0.2) is 27.4 Å². The first-order valence-corrected chi connectivity index (χ1v) is 11.4. The standard InChI is InChI=1S/C15H30O6P2/c1-5-20-23(17,21-6-2)15(22(16,18-3)19-4)13-12-14-10-8-7-9-11-14/h13-14H,5-12H2,1-4H3. The van der Waals surface area contributed by atoms with Gasteiger partial charge in [-0.05, 0) is 26.2 Å². The molecule has 0 bridgehead atoms. The van der Waals surface area contributed by atoms with Crippen LogP contribution in [0.2, 0.25) is 0 Å². The second-order valence-corrected chi connectivity index (χ2v) is 10.1. The molecule has 0 atom stereocenters. The van der Waals surface area contributed by atoms with Gasteiger partial charge >= 0.3 is 15.2 Å². The molecule has 8 heteroatoms. The Bertz CT molecular complexity index is 453. The van der Waals surface area contributed by atoms with Gasteiger partial charge in [0, 0.05) is 14.2 Å². The number of allylic oxidation sites excluding steroid dienone is 1. The van der Waals surface area contributed by atoms with Crippen molar-refractivity contribution in [2.45, 2.75) is 52.4 Å². The van der Waals surface area contributed by atoms with Gasteiger partial charge in [0.05, 0.1) is 13.2 Å². The fourth-order valence-electron chi connectivity index (χ4n) is 2.84. The molecule has 0 unspecified atom stereocenters. The highest BCUT2D eigenvalue weighted by Crippen LogP contribution is 2.73. The summed E-state index contributed by atoms with van der Waals surface area (Å²) in [5.41, 5.74) is 0. The molecular weight excluding hydrogens is 338 g/mol. The molecule has 6 nitrogen and oxygen atoms in total. The van der Waals surface area contributed by atoms with Crippen LogP contribution < -0.4 is 0 Å². The number of hydrogen-bond donors (Lipinski definition) is 0. The molecule has 0 N–H and O–H groups in total. The van der Waals surface area contributed by atoms with Crippen LogP contribution in [0.4, 0.5) is 0 Å². The summed E-state index contributed by atoms with van der Waals surface area (Å²) >= 11 is 0. The predicted molar refractivity (Wildman–Crippen MR) is 91.8 cm³/mol. The highest BCUT2D eigenvalue weighted by atomic mass is 31.2. The zero-order valence-corrected chi connectivity index (χ0v) is 16.4. The second-order valence-electron chi connectivity index (χ2n) is 5.50. The lowest BCUT2D eigenvalue weighted by molar-refractivity contribution is 0.224. The SMILES string of the molecule is CCOP(=O)(OCC)C(=CCC1CCCCC1)P(=O)(OC)OC. The van der Waals surface area contributed by atoms with E-state index in [0.29, 0.717) is 12.3 Å². The van der Waals surface area contributed by atoms with Crippen LogP contribution in [-0.2, 0) is 27.2 Å². The van der Waals surface area contributed by atoms with E-state index in [1.165, 1.54) is 33.5 Å². The van der Waals surface area contributed by atoms with Gasteiger partial charge in [0.25, 0.3) is 0 Å². The van der Waals surface area contributed by atoms with Gasteiger partial charge < -0.3 is 18.1 Å². The van der Waals surface area contributed by atoms with E-state index in [4.69, 9.17) is 18.1 Å². The Morgan fingerprint density at radius 1 is 0.957 bits per heavy atom. The van der Waals surface area contributed by atoms with Crippen molar-refractivity contribution in [1.29, 1.82) is 0 Å². The molecule has 0 radical (unpaired) electrons. The molecule has 0 aromatic heterocycles. The van der Waals surface area contributed by atoms with Crippen molar-refractivity contribution in [2.75, 3.05) is 27.4 Å². The van der Waals surface area contributed by atoms with Gasteiger partial charge in [0.2, 0.25) is 0 Å². The minimum Gasteiger partial charge on any atom is -0.308 e. The summed E-state index contributed by atoms with van der Waals surface area (Å²) in [4.78, 5) is 0. The zero-order chi connectivity index (χ0) is 17.3. The minimum absolute atomic E-state index is 0.0317. The molecule has 0 aromatic carbocycles. The summed E-state index contributed by atoms with van der Waals surface area (Å²) in [5, 5.41) is 0.0317. The van der Waals surface area contributed by atoms with Gasteiger partial charge in [0.15, 0.2) is 0 Å². The lowest BCUT2D eigenvalue weighted by Gasteiger charge is -2.25. The van der Waals surface area contributed by atoms with E-state index >= 15 is 0 Å². The quantitative estimate of drug-likeness (QED) is 0.471. The molecular formula is C15H30O6P2. The fraction of sp³-hybridized carbons (Fsp3) is 0.867. The summed E-state index contributed by atoms with van der Waals surface area (Å²) in [6.07, 6.45) is 8.30. The van der Waals surface area contributed by atoms with Crippen LogP contribution >= 0.6 is 15.2 Å². The summed E-state index contributed by atoms with van der Waals surface area (Å²) < 4.78 is 46.8. The fourth-order valence-corrected chi connectivity index (χ4v) is 7.08. The molecule has 136 valence electrons. The summed E-state index contributed by atoms with van der Waals surface area (Å²) in [6.45, 7) is 3.81. The average Bonchev–Trinajstić information content (AvgIpc) is 2.56. The largest absolute Gasteiger partial charge is 0.369 e. The van der Waals surface area contributed by atoms with Gasteiger partial charge in [0.1, 0.15) is 5.06 Å². The van der Waals surface area contributed by atoms with Crippen LogP contribution in [0.25, 0.3) is 0 Å². The topological polar surface area (TPSA) is 71.1 Å². The smallest absolute Gasteiger partial charge is 0.308 e. The van der Waals surface area contributed by atoms with E-state index < -0.39 is 15.2 Å². The van der Waals surface area contributed by atoms with Gasteiger partial charge in [-0.2, -0.15) is 0 Å². The van der Waals surface area contributed by atoms with Crippen molar-refractivity contribution >= 4 is 15.2 Å². The third kappa shape index (κ3) is 5.81. The highest BCUT2D eigenvalue weighted by molar-refractivity contribution is 7.78. The Morgan fingerprint density at radius 2 is 1.48 bits per heavy atom. The van der Waals surface area contributed by atoms with Crippen LogP contribution in [0.3, 0.4) is 0 Å². The molecule has 1 aliphatic carbocycles. The van der Waals surface area contributed by atoms with Gasteiger partial charge in [-0.3, -0.25) is 9.13 Å². The van der Waals surface area contributed by atoms with Crippen molar-refractivity contribution in [3.05, 3.63) is 11.1 Å². The zero-order valence-electron chi connectivity index (χ0n) is 14.7. The van der Waals surface area contributed by atoms with Crippen LogP contribution in [0, 0.1) is 5.92 Å². The maximum absolute atomic E-state index is 13.1. The molecule has 23 heavy (non-hydrogen) atoms. The van der Waals surface area contributed by atoms with E-state index in [0.717, 1.165) is 12.8 Å². The van der Waals surface area contributed by atoms with Gasteiger partial charge in [-0.1, -0.05) is 38.2 Å². The molecule has 0 heterocycles. The summed E-state index contributed by atoms with van der Waals surface area (Å²) in [5.74, 6) is 0.498.